The molecule has 2 aliphatic carbocycles. The molecular formula is C18H28N2O6S2+4. The van der Waals surface area contributed by atoms with Crippen molar-refractivity contribution in [3.63, 3.8) is 0 Å². The monoisotopic (exact) mass is 432 g/mol. The third kappa shape index (κ3) is 6.23. The predicted molar refractivity (Wildman–Crippen MR) is 104 cm³/mol. The van der Waals surface area contributed by atoms with Gasteiger partial charge >= 0.3 is 20.2 Å². The summed E-state index contributed by atoms with van der Waals surface area (Å²) in [6.07, 6.45) is 8.73. The molecule has 0 atom stereocenters. The van der Waals surface area contributed by atoms with E-state index < -0.39 is 31.3 Å². The highest BCUT2D eigenvalue weighted by Crippen LogP contribution is 2.33. The minimum Gasteiger partial charge on any atom is -0.177 e. The van der Waals surface area contributed by atoms with Crippen LogP contribution in [0.25, 0.3) is 0 Å². The molecule has 0 aromatic carbocycles. The molecule has 0 aromatic heterocycles. The third-order valence-corrected chi connectivity index (χ3v) is 5.78. The second-order valence-corrected chi connectivity index (χ2v) is 11.9. The standard InChI is InChI=1S/C18H26N2O6S2/c1-17(2,3)19-25-27(21,22)15-9-7-14-12-16(10-8-13(14)11-15)28(23,24)26-20-18(4,5)6/h7-12,19-20H,1-6H3/q+2/p+2. The highest BCUT2D eigenvalue weighted by atomic mass is 32.2. The fourth-order valence-corrected chi connectivity index (χ4v) is 4.10. The highest BCUT2D eigenvalue weighted by molar-refractivity contribution is 7.91. The molecule has 0 fully saturated rings. The van der Waals surface area contributed by atoms with Gasteiger partial charge in [0.25, 0.3) is 0 Å². The molecule has 2 aliphatic rings. The lowest BCUT2D eigenvalue weighted by Gasteiger charge is -2.14. The SMILES string of the molecule is CC(C)(C)[NH2+]OS(=O)(=O)C1=C[CH+]C2=CC(S(=O)(=O)O[NH2+]C(C)(C)C)=C[CH+]C2=C1. The molecule has 28 heavy (non-hydrogen) atoms. The van der Waals surface area contributed by atoms with Crippen molar-refractivity contribution in [2.75, 3.05) is 0 Å². The van der Waals surface area contributed by atoms with Gasteiger partial charge in [-0.25, -0.2) is 0 Å². The predicted octanol–water partition coefficient (Wildman–Crippen LogP) is 0.289. The Morgan fingerprint density at radius 2 is 1.04 bits per heavy atom. The maximum absolute atomic E-state index is 12.4. The Morgan fingerprint density at radius 1 is 0.714 bits per heavy atom. The van der Waals surface area contributed by atoms with Crippen LogP contribution in [0.1, 0.15) is 41.5 Å². The van der Waals surface area contributed by atoms with Crippen LogP contribution in [0.4, 0.5) is 0 Å². The van der Waals surface area contributed by atoms with Crippen molar-refractivity contribution < 1.29 is 36.4 Å². The largest absolute Gasteiger partial charge is 0.386 e. The number of nitrogens with two attached hydrogens (primary N) is 2. The fourth-order valence-electron chi connectivity index (χ4n) is 2.04. The van der Waals surface area contributed by atoms with Crippen molar-refractivity contribution in [2.24, 2.45) is 0 Å². The summed E-state index contributed by atoms with van der Waals surface area (Å²) in [4.78, 5) is -0.0122. The number of quaternary nitrogens is 2. The lowest BCUT2D eigenvalue weighted by molar-refractivity contribution is -0.902. The molecule has 0 heterocycles. The molecule has 2 rings (SSSR count). The third-order valence-electron chi connectivity index (χ3n) is 3.42. The van der Waals surface area contributed by atoms with Crippen molar-refractivity contribution >= 4 is 20.2 Å². The molecule has 154 valence electrons. The molecule has 8 nitrogen and oxygen atoms in total. The second kappa shape index (κ2) is 7.69. The van der Waals surface area contributed by atoms with Gasteiger partial charge < -0.3 is 0 Å². The maximum atomic E-state index is 12.4. The van der Waals surface area contributed by atoms with Crippen LogP contribution in [0.3, 0.4) is 0 Å². The Hall–Kier alpha value is -1.56. The van der Waals surface area contributed by atoms with Gasteiger partial charge in [-0.05, 0) is 41.5 Å². The molecule has 0 saturated carbocycles. The smallest absolute Gasteiger partial charge is 0.177 e. The van der Waals surface area contributed by atoms with Crippen LogP contribution < -0.4 is 11.0 Å². The van der Waals surface area contributed by atoms with Gasteiger partial charge in [-0.3, -0.25) is 0 Å². The zero-order chi connectivity index (χ0) is 21.4. The van der Waals surface area contributed by atoms with E-state index in [9.17, 15) is 16.8 Å². The molecule has 4 N–H and O–H groups in total. The minimum absolute atomic E-state index is 0.00609. The van der Waals surface area contributed by atoms with Crippen LogP contribution in [0.5, 0.6) is 0 Å². The van der Waals surface area contributed by atoms with Crippen LogP contribution in [0.15, 0.2) is 45.3 Å². The van der Waals surface area contributed by atoms with E-state index in [2.05, 4.69) is 0 Å². The van der Waals surface area contributed by atoms with Gasteiger partial charge in [-0.1, -0.05) is 8.57 Å². The van der Waals surface area contributed by atoms with Crippen molar-refractivity contribution in [3.8, 4) is 0 Å². The van der Waals surface area contributed by atoms with E-state index in [1.165, 1.54) is 48.1 Å². The molecule has 10 heteroatoms. The van der Waals surface area contributed by atoms with Gasteiger partial charge in [-0.15, -0.1) is 0 Å². The number of hydroxylamine groups is 2. The van der Waals surface area contributed by atoms with Crippen LogP contribution in [0, 0.1) is 12.8 Å². The van der Waals surface area contributed by atoms with Crippen LogP contribution in [0.2, 0.25) is 0 Å². The Balaban J connectivity index is 2.15. The fraction of sp³-hybridized carbons (Fsp3) is 0.444. The lowest BCUT2D eigenvalue weighted by Crippen LogP contribution is -2.93. The lowest BCUT2D eigenvalue weighted by atomic mass is 9.92. The van der Waals surface area contributed by atoms with E-state index in [1.54, 1.807) is 0 Å². The average molecular weight is 433 g/mol. The quantitative estimate of drug-likeness (QED) is 0.460. The topological polar surface area (TPSA) is 120 Å². The van der Waals surface area contributed by atoms with Crippen molar-refractivity contribution in [3.05, 3.63) is 58.1 Å². The molecular weight excluding hydrogens is 404 g/mol. The molecule has 0 aromatic rings. The first-order valence-electron chi connectivity index (χ1n) is 8.68. The first-order valence-corrected chi connectivity index (χ1v) is 11.5. The Morgan fingerprint density at radius 3 is 1.32 bits per heavy atom. The van der Waals surface area contributed by atoms with Crippen molar-refractivity contribution in [2.45, 2.75) is 52.6 Å². The first kappa shape index (κ1) is 22.7. The van der Waals surface area contributed by atoms with Crippen molar-refractivity contribution in [1.82, 2.24) is 0 Å². The molecule has 0 amide bonds. The van der Waals surface area contributed by atoms with Gasteiger partial charge in [0.2, 0.25) is 9.81 Å². The summed E-state index contributed by atoms with van der Waals surface area (Å²) in [6.45, 7) is 10.9. The van der Waals surface area contributed by atoms with Crippen LogP contribution in [-0.4, -0.2) is 27.9 Å². The second-order valence-electron chi connectivity index (χ2n) is 8.74. The number of allylic oxidation sites excluding steroid dienone is 6. The van der Waals surface area contributed by atoms with E-state index in [0.717, 1.165) is 0 Å². The normalized spacial score (nSPS) is 18.1. The van der Waals surface area contributed by atoms with Gasteiger partial charge in [-0.2, -0.15) is 27.8 Å². The van der Waals surface area contributed by atoms with E-state index in [0.29, 0.717) is 11.1 Å². The van der Waals surface area contributed by atoms with Crippen LogP contribution in [-0.2, 0) is 28.8 Å². The average Bonchev–Trinajstić information content (AvgIpc) is 2.56. The molecule has 0 unspecified atom stereocenters. The van der Waals surface area contributed by atoms with Gasteiger partial charge in [0.15, 0.2) is 11.1 Å². The summed E-state index contributed by atoms with van der Waals surface area (Å²) in [6, 6.07) is 0. The molecule has 0 spiro atoms. The zero-order valence-corrected chi connectivity index (χ0v) is 18.5. The Kier molecular flexibility index (Phi) is 6.25. The zero-order valence-electron chi connectivity index (χ0n) is 16.9. The number of fused-ring (bicyclic) bond motifs is 1. The van der Waals surface area contributed by atoms with Crippen molar-refractivity contribution in [1.29, 1.82) is 0 Å². The maximum Gasteiger partial charge on any atom is 0.386 e. The van der Waals surface area contributed by atoms with Gasteiger partial charge in [0.05, 0.1) is 25.0 Å². The molecule has 0 bridgehead atoms. The number of hydrogen-bond acceptors (Lipinski definition) is 6. The molecule has 0 aliphatic heterocycles. The summed E-state index contributed by atoms with van der Waals surface area (Å²) >= 11 is 0. The van der Waals surface area contributed by atoms with E-state index in [4.69, 9.17) is 8.57 Å². The van der Waals surface area contributed by atoms with Crippen LogP contribution >= 0.6 is 0 Å². The molecule has 0 radical (unpaired) electrons. The van der Waals surface area contributed by atoms with E-state index in [1.807, 2.05) is 41.5 Å². The summed E-state index contributed by atoms with van der Waals surface area (Å²) in [5.74, 6) is 0. The minimum atomic E-state index is -3.95. The summed E-state index contributed by atoms with van der Waals surface area (Å²) < 4.78 is 59.4. The van der Waals surface area contributed by atoms with Gasteiger partial charge in [0, 0.05) is 0 Å². The van der Waals surface area contributed by atoms with E-state index in [-0.39, 0.29) is 9.81 Å². The summed E-state index contributed by atoms with van der Waals surface area (Å²) in [5.41, 5.74) is 2.84. The Labute approximate surface area is 167 Å². The highest BCUT2D eigenvalue weighted by Gasteiger charge is 2.40. The van der Waals surface area contributed by atoms with Gasteiger partial charge in [0.1, 0.15) is 23.2 Å². The Bertz CT molecular complexity index is 877. The molecule has 0 saturated heterocycles. The number of hydrogen-bond donors (Lipinski definition) is 2. The first-order chi connectivity index (χ1) is 12.6. The summed E-state index contributed by atoms with van der Waals surface area (Å²) in [5, 5.41) is 0. The summed E-state index contributed by atoms with van der Waals surface area (Å²) in [7, 11) is -7.90. The number of rotatable bonds is 6. The van der Waals surface area contributed by atoms with E-state index >= 15 is 0 Å².